The SMILES string of the molecule is CCC(CC)C(=O)N1CCOC(c2ccccc2F)C1. The number of amides is 1. The van der Waals surface area contributed by atoms with E-state index in [0.29, 0.717) is 25.3 Å². The largest absolute Gasteiger partial charge is 0.370 e. The van der Waals surface area contributed by atoms with Gasteiger partial charge >= 0.3 is 0 Å². The molecular formula is C16H22FNO2. The average molecular weight is 279 g/mol. The van der Waals surface area contributed by atoms with E-state index in [1.54, 1.807) is 18.2 Å². The van der Waals surface area contributed by atoms with Gasteiger partial charge in [0.15, 0.2) is 0 Å². The van der Waals surface area contributed by atoms with Crippen molar-refractivity contribution in [1.82, 2.24) is 4.90 Å². The molecule has 0 radical (unpaired) electrons. The molecule has 0 N–H and O–H groups in total. The number of carbonyl (C=O) groups excluding carboxylic acids is 1. The summed E-state index contributed by atoms with van der Waals surface area (Å²) < 4.78 is 19.4. The molecule has 0 aromatic heterocycles. The molecule has 1 heterocycles. The van der Waals surface area contributed by atoms with Crippen LogP contribution in [0, 0.1) is 11.7 Å². The van der Waals surface area contributed by atoms with Gasteiger partial charge in [-0.1, -0.05) is 32.0 Å². The standard InChI is InChI=1S/C16H22FNO2/c1-3-12(4-2)16(19)18-9-10-20-15(11-18)13-7-5-6-8-14(13)17/h5-8,12,15H,3-4,9-11H2,1-2H3. The van der Waals surface area contributed by atoms with Gasteiger partial charge in [0.2, 0.25) is 5.91 Å². The zero-order chi connectivity index (χ0) is 14.5. The summed E-state index contributed by atoms with van der Waals surface area (Å²) in [5, 5.41) is 0. The van der Waals surface area contributed by atoms with Gasteiger partial charge in [-0.15, -0.1) is 0 Å². The first-order valence-corrected chi connectivity index (χ1v) is 7.32. The van der Waals surface area contributed by atoms with Gasteiger partial charge in [-0.2, -0.15) is 0 Å². The van der Waals surface area contributed by atoms with E-state index in [1.165, 1.54) is 6.07 Å². The van der Waals surface area contributed by atoms with Gasteiger partial charge in [-0.3, -0.25) is 4.79 Å². The number of benzene rings is 1. The fourth-order valence-corrected chi connectivity index (χ4v) is 2.67. The second kappa shape index (κ2) is 6.84. The van der Waals surface area contributed by atoms with E-state index in [0.717, 1.165) is 12.8 Å². The highest BCUT2D eigenvalue weighted by atomic mass is 19.1. The van der Waals surface area contributed by atoms with Crippen LogP contribution in [0.4, 0.5) is 4.39 Å². The van der Waals surface area contributed by atoms with Gasteiger partial charge in [-0.05, 0) is 18.9 Å². The third-order valence-electron chi connectivity index (χ3n) is 3.97. The molecule has 1 aromatic carbocycles. The van der Waals surface area contributed by atoms with E-state index in [4.69, 9.17) is 4.74 Å². The molecule has 1 unspecified atom stereocenters. The van der Waals surface area contributed by atoms with E-state index >= 15 is 0 Å². The van der Waals surface area contributed by atoms with Crippen molar-refractivity contribution < 1.29 is 13.9 Å². The normalized spacial score (nSPS) is 19.4. The number of hydrogen-bond acceptors (Lipinski definition) is 2. The number of morpholine rings is 1. The molecule has 4 heteroatoms. The number of nitrogens with zero attached hydrogens (tertiary/aromatic N) is 1. The minimum absolute atomic E-state index is 0.0642. The van der Waals surface area contributed by atoms with E-state index in [-0.39, 0.29) is 23.7 Å². The lowest BCUT2D eigenvalue weighted by Crippen LogP contribution is -2.45. The molecule has 20 heavy (non-hydrogen) atoms. The van der Waals surface area contributed by atoms with Gasteiger partial charge in [0, 0.05) is 18.0 Å². The van der Waals surface area contributed by atoms with Crippen LogP contribution in [0.15, 0.2) is 24.3 Å². The van der Waals surface area contributed by atoms with Gasteiger partial charge in [0.05, 0.1) is 13.2 Å². The molecule has 1 aliphatic heterocycles. The highest BCUT2D eigenvalue weighted by molar-refractivity contribution is 5.78. The second-order valence-electron chi connectivity index (χ2n) is 5.18. The van der Waals surface area contributed by atoms with Crippen molar-refractivity contribution in [3.63, 3.8) is 0 Å². The molecule has 1 saturated heterocycles. The predicted molar refractivity (Wildman–Crippen MR) is 75.7 cm³/mol. The summed E-state index contributed by atoms with van der Waals surface area (Å²) in [5.41, 5.74) is 0.537. The Morgan fingerprint density at radius 1 is 1.40 bits per heavy atom. The molecule has 0 saturated carbocycles. The average Bonchev–Trinajstić information content (AvgIpc) is 2.49. The smallest absolute Gasteiger partial charge is 0.225 e. The molecule has 0 spiro atoms. The van der Waals surface area contributed by atoms with Gasteiger partial charge in [-0.25, -0.2) is 4.39 Å². The van der Waals surface area contributed by atoms with Gasteiger partial charge in [0.1, 0.15) is 11.9 Å². The monoisotopic (exact) mass is 279 g/mol. The summed E-state index contributed by atoms with van der Waals surface area (Å²) in [4.78, 5) is 14.2. The Morgan fingerprint density at radius 3 is 2.75 bits per heavy atom. The molecule has 0 bridgehead atoms. The van der Waals surface area contributed by atoms with Crippen LogP contribution in [0.2, 0.25) is 0 Å². The first-order valence-electron chi connectivity index (χ1n) is 7.32. The summed E-state index contributed by atoms with van der Waals surface area (Å²) in [6, 6.07) is 6.61. The maximum Gasteiger partial charge on any atom is 0.225 e. The Hall–Kier alpha value is -1.42. The Kier molecular flexibility index (Phi) is 5.12. The van der Waals surface area contributed by atoms with E-state index in [2.05, 4.69) is 0 Å². The lowest BCUT2D eigenvalue weighted by atomic mass is 10.0. The van der Waals surface area contributed by atoms with Crippen molar-refractivity contribution >= 4 is 5.91 Å². The van der Waals surface area contributed by atoms with Crippen molar-refractivity contribution in [3.05, 3.63) is 35.6 Å². The van der Waals surface area contributed by atoms with E-state index in [1.807, 2.05) is 18.7 Å². The van der Waals surface area contributed by atoms with Crippen LogP contribution in [-0.2, 0) is 9.53 Å². The summed E-state index contributed by atoms with van der Waals surface area (Å²) in [5.74, 6) is -0.0386. The topological polar surface area (TPSA) is 29.5 Å². The summed E-state index contributed by atoms with van der Waals surface area (Å²) in [6.45, 7) is 5.56. The maximum atomic E-state index is 13.8. The van der Waals surface area contributed by atoms with E-state index < -0.39 is 0 Å². The summed E-state index contributed by atoms with van der Waals surface area (Å²) in [6.07, 6.45) is 1.33. The summed E-state index contributed by atoms with van der Waals surface area (Å²) in [7, 11) is 0. The zero-order valence-corrected chi connectivity index (χ0v) is 12.1. The Morgan fingerprint density at radius 2 is 2.10 bits per heavy atom. The van der Waals surface area contributed by atoms with Crippen molar-refractivity contribution in [2.75, 3.05) is 19.7 Å². The highest BCUT2D eigenvalue weighted by Crippen LogP contribution is 2.26. The minimum atomic E-state index is -0.358. The lowest BCUT2D eigenvalue weighted by Gasteiger charge is -2.35. The fourth-order valence-electron chi connectivity index (χ4n) is 2.67. The first-order chi connectivity index (χ1) is 9.67. The molecule has 3 nitrogen and oxygen atoms in total. The van der Waals surface area contributed by atoms with Crippen molar-refractivity contribution in [1.29, 1.82) is 0 Å². The van der Waals surface area contributed by atoms with Crippen LogP contribution < -0.4 is 0 Å². The van der Waals surface area contributed by atoms with Crippen LogP contribution in [0.25, 0.3) is 0 Å². The van der Waals surface area contributed by atoms with Crippen molar-refractivity contribution in [2.45, 2.75) is 32.8 Å². The van der Waals surface area contributed by atoms with Crippen LogP contribution in [0.5, 0.6) is 0 Å². The Labute approximate surface area is 119 Å². The van der Waals surface area contributed by atoms with Gasteiger partial charge in [0.25, 0.3) is 0 Å². The molecule has 1 atom stereocenters. The van der Waals surface area contributed by atoms with Crippen LogP contribution in [0.3, 0.4) is 0 Å². The first kappa shape index (κ1) is 15.0. The van der Waals surface area contributed by atoms with Crippen LogP contribution in [-0.4, -0.2) is 30.5 Å². The molecule has 0 aliphatic carbocycles. The van der Waals surface area contributed by atoms with Crippen molar-refractivity contribution in [2.24, 2.45) is 5.92 Å². The molecule has 1 aliphatic rings. The maximum absolute atomic E-state index is 13.8. The van der Waals surface area contributed by atoms with Crippen LogP contribution in [0.1, 0.15) is 38.4 Å². The molecule has 110 valence electrons. The van der Waals surface area contributed by atoms with Crippen LogP contribution >= 0.6 is 0 Å². The number of rotatable bonds is 4. The fraction of sp³-hybridized carbons (Fsp3) is 0.562. The molecule has 1 amide bonds. The lowest BCUT2D eigenvalue weighted by molar-refractivity contribution is -0.143. The number of halogens is 1. The summed E-state index contributed by atoms with van der Waals surface area (Å²) >= 11 is 0. The Balaban J connectivity index is 2.09. The number of carbonyl (C=O) groups is 1. The van der Waals surface area contributed by atoms with Crippen molar-refractivity contribution in [3.8, 4) is 0 Å². The van der Waals surface area contributed by atoms with E-state index in [9.17, 15) is 9.18 Å². The molecule has 2 rings (SSSR count). The zero-order valence-electron chi connectivity index (χ0n) is 12.1. The molecule has 1 aromatic rings. The highest BCUT2D eigenvalue weighted by Gasteiger charge is 2.29. The minimum Gasteiger partial charge on any atom is -0.370 e. The van der Waals surface area contributed by atoms with Gasteiger partial charge < -0.3 is 9.64 Å². The predicted octanol–water partition coefficient (Wildman–Crippen LogP) is 3.16. The quantitative estimate of drug-likeness (QED) is 0.847. The third-order valence-corrected chi connectivity index (χ3v) is 3.97. The second-order valence-corrected chi connectivity index (χ2v) is 5.18. The molecular weight excluding hydrogens is 257 g/mol. The number of ether oxygens (including phenoxy) is 1. The number of hydrogen-bond donors (Lipinski definition) is 0. The molecule has 1 fully saturated rings. The third kappa shape index (κ3) is 3.18. The Bertz CT molecular complexity index is 460.